The molecule has 20 heavy (non-hydrogen) atoms. The Kier molecular flexibility index (Phi) is 3.67. The lowest BCUT2D eigenvalue weighted by atomic mass is 10.2. The molecule has 0 aliphatic rings. The molecule has 0 radical (unpaired) electrons. The summed E-state index contributed by atoms with van der Waals surface area (Å²) in [6.45, 7) is 3.16. The van der Waals surface area contributed by atoms with E-state index in [1.165, 1.54) is 31.2 Å². The second kappa shape index (κ2) is 5.13. The van der Waals surface area contributed by atoms with Crippen LogP contribution in [-0.4, -0.2) is 8.42 Å². The molecule has 106 valence electrons. The summed E-state index contributed by atoms with van der Waals surface area (Å²) in [7, 11) is -3.86. The van der Waals surface area contributed by atoms with E-state index in [-0.39, 0.29) is 21.8 Å². The highest BCUT2D eigenvalue weighted by Crippen LogP contribution is 2.26. The van der Waals surface area contributed by atoms with E-state index in [0.717, 1.165) is 0 Å². The van der Waals surface area contributed by atoms with Crippen molar-refractivity contribution < 1.29 is 12.8 Å². The molecule has 4 nitrogen and oxygen atoms in total. The number of hydrogen-bond acceptors (Lipinski definition) is 3. The van der Waals surface area contributed by atoms with Gasteiger partial charge < -0.3 is 5.73 Å². The van der Waals surface area contributed by atoms with Crippen LogP contribution in [0.1, 0.15) is 11.1 Å². The first-order chi connectivity index (χ1) is 9.33. The van der Waals surface area contributed by atoms with E-state index in [0.29, 0.717) is 5.56 Å². The van der Waals surface area contributed by atoms with Crippen molar-refractivity contribution in [3.05, 3.63) is 53.3 Å². The average Bonchev–Trinajstić information content (AvgIpc) is 2.34. The third kappa shape index (κ3) is 2.60. The Morgan fingerprint density at radius 2 is 1.75 bits per heavy atom. The van der Waals surface area contributed by atoms with Crippen molar-refractivity contribution in [3.8, 4) is 0 Å². The van der Waals surface area contributed by atoms with E-state index < -0.39 is 15.8 Å². The van der Waals surface area contributed by atoms with Gasteiger partial charge in [-0.05, 0) is 37.6 Å². The van der Waals surface area contributed by atoms with Gasteiger partial charge in [0, 0.05) is 5.56 Å². The van der Waals surface area contributed by atoms with Crippen LogP contribution in [0.2, 0.25) is 0 Å². The molecule has 0 spiro atoms. The molecule has 0 fully saturated rings. The fraction of sp³-hybridized carbons (Fsp3) is 0.143. The quantitative estimate of drug-likeness (QED) is 0.855. The molecule has 0 saturated heterocycles. The van der Waals surface area contributed by atoms with Crippen LogP contribution in [0.3, 0.4) is 0 Å². The lowest BCUT2D eigenvalue weighted by molar-refractivity contribution is 0.600. The first-order valence-corrected chi connectivity index (χ1v) is 7.44. The van der Waals surface area contributed by atoms with E-state index in [9.17, 15) is 12.8 Å². The molecule has 0 aliphatic carbocycles. The number of benzene rings is 2. The van der Waals surface area contributed by atoms with Gasteiger partial charge in [0.25, 0.3) is 10.0 Å². The zero-order chi connectivity index (χ0) is 14.9. The number of sulfonamides is 1. The van der Waals surface area contributed by atoms with E-state index in [2.05, 4.69) is 4.72 Å². The smallest absolute Gasteiger partial charge is 0.264 e. The summed E-state index contributed by atoms with van der Waals surface area (Å²) in [6, 6.07) is 9.07. The number of hydrogen-bond donors (Lipinski definition) is 2. The van der Waals surface area contributed by atoms with Gasteiger partial charge in [0.2, 0.25) is 0 Å². The molecule has 2 aromatic rings. The molecule has 0 saturated carbocycles. The van der Waals surface area contributed by atoms with Crippen molar-refractivity contribution in [2.75, 3.05) is 10.5 Å². The van der Waals surface area contributed by atoms with Gasteiger partial charge in [0.1, 0.15) is 10.7 Å². The highest BCUT2D eigenvalue weighted by molar-refractivity contribution is 7.93. The summed E-state index contributed by atoms with van der Waals surface area (Å²) in [5, 5.41) is 0. The van der Waals surface area contributed by atoms with Gasteiger partial charge in [-0.2, -0.15) is 0 Å². The average molecular weight is 294 g/mol. The van der Waals surface area contributed by atoms with Gasteiger partial charge in [0.05, 0.1) is 11.4 Å². The topological polar surface area (TPSA) is 72.2 Å². The zero-order valence-corrected chi connectivity index (χ0v) is 12.0. The van der Waals surface area contributed by atoms with Crippen LogP contribution in [0.15, 0.2) is 41.3 Å². The van der Waals surface area contributed by atoms with E-state index in [1.807, 2.05) is 0 Å². The van der Waals surface area contributed by atoms with Gasteiger partial charge >= 0.3 is 0 Å². The Hall–Kier alpha value is -2.08. The minimum absolute atomic E-state index is 0.0173. The van der Waals surface area contributed by atoms with Crippen LogP contribution in [0.5, 0.6) is 0 Å². The molecular weight excluding hydrogens is 279 g/mol. The summed E-state index contributed by atoms with van der Waals surface area (Å²) >= 11 is 0. The highest BCUT2D eigenvalue weighted by atomic mass is 32.2. The Labute approximate surface area is 117 Å². The fourth-order valence-electron chi connectivity index (χ4n) is 1.96. The summed E-state index contributed by atoms with van der Waals surface area (Å²) < 4.78 is 40.6. The lowest BCUT2D eigenvalue weighted by Gasteiger charge is -2.14. The lowest BCUT2D eigenvalue weighted by Crippen LogP contribution is -2.17. The van der Waals surface area contributed by atoms with Gasteiger partial charge in [-0.25, -0.2) is 12.8 Å². The number of nitrogens with one attached hydrogen (secondary N) is 1. The van der Waals surface area contributed by atoms with E-state index in [4.69, 9.17) is 5.73 Å². The number of halogens is 1. The first kappa shape index (κ1) is 14.3. The van der Waals surface area contributed by atoms with Crippen molar-refractivity contribution in [2.24, 2.45) is 0 Å². The monoisotopic (exact) mass is 294 g/mol. The zero-order valence-electron chi connectivity index (χ0n) is 11.1. The number of anilines is 2. The van der Waals surface area contributed by atoms with E-state index in [1.54, 1.807) is 19.1 Å². The Bertz CT molecular complexity index is 738. The highest BCUT2D eigenvalue weighted by Gasteiger charge is 2.21. The first-order valence-electron chi connectivity index (χ1n) is 5.96. The van der Waals surface area contributed by atoms with Crippen molar-refractivity contribution in [3.63, 3.8) is 0 Å². The van der Waals surface area contributed by atoms with Crippen LogP contribution in [-0.2, 0) is 10.0 Å². The van der Waals surface area contributed by atoms with Crippen LogP contribution < -0.4 is 10.5 Å². The molecule has 2 aromatic carbocycles. The molecule has 0 heterocycles. The van der Waals surface area contributed by atoms with Crippen molar-refractivity contribution in [1.29, 1.82) is 0 Å². The van der Waals surface area contributed by atoms with Gasteiger partial charge in [-0.15, -0.1) is 0 Å². The second-order valence-corrected chi connectivity index (χ2v) is 6.13. The van der Waals surface area contributed by atoms with Gasteiger partial charge in [0.15, 0.2) is 0 Å². The van der Waals surface area contributed by atoms with Crippen LogP contribution in [0.25, 0.3) is 0 Å². The summed E-state index contributed by atoms with van der Waals surface area (Å²) in [6.07, 6.45) is 0. The maximum absolute atomic E-state index is 13.5. The molecule has 6 heteroatoms. The minimum Gasteiger partial charge on any atom is -0.398 e. The maximum atomic E-state index is 13.5. The molecule has 2 rings (SSSR count). The Morgan fingerprint density at radius 3 is 2.40 bits per heavy atom. The molecular formula is C14H15FN2O2S. The summed E-state index contributed by atoms with van der Waals surface area (Å²) in [5.41, 5.74) is 6.87. The van der Waals surface area contributed by atoms with Crippen molar-refractivity contribution in [2.45, 2.75) is 18.7 Å². The van der Waals surface area contributed by atoms with E-state index >= 15 is 0 Å². The maximum Gasteiger partial charge on any atom is 0.264 e. The Morgan fingerprint density at radius 1 is 1.10 bits per heavy atom. The third-order valence-corrected chi connectivity index (χ3v) is 4.61. The van der Waals surface area contributed by atoms with Crippen LogP contribution in [0.4, 0.5) is 15.8 Å². The van der Waals surface area contributed by atoms with Crippen LogP contribution in [0, 0.1) is 19.7 Å². The largest absolute Gasteiger partial charge is 0.398 e. The molecule has 0 aliphatic heterocycles. The second-order valence-electron chi connectivity index (χ2n) is 4.51. The van der Waals surface area contributed by atoms with Crippen molar-refractivity contribution >= 4 is 21.4 Å². The molecule has 3 N–H and O–H groups in total. The third-order valence-electron chi connectivity index (χ3n) is 3.02. The van der Waals surface area contributed by atoms with Crippen molar-refractivity contribution in [1.82, 2.24) is 0 Å². The number of nitrogens with two attached hydrogens (primary N) is 1. The molecule has 0 bridgehead atoms. The number of aryl methyl sites for hydroxylation is 1. The number of nitrogen functional groups attached to an aromatic ring is 1. The van der Waals surface area contributed by atoms with Gasteiger partial charge in [-0.1, -0.05) is 18.2 Å². The fourth-order valence-corrected chi connectivity index (χ4v) is 3.44. The molecule has 0 atom stereocenters. The SMILES string of the molecule is Cc1cccc(N)c1S(=O)(=O)Nc1cccc(F)c1C. The Balaban J connectivity index is 2.50. The standard InChI is InChI=1S/C14H15FN2O2S/c1-9-5-3-7-12(16)14(9)20(18,19)17-13-8-4-6-11(15)10(13)2/h3-8,17H,16H2,1-2H3. The molecule has 0 aromatic heterocycles. The van der Waals surface area contributed by atoms with Gasteiger partial charge in [-0.3, -0.25) is 4.72 Å². The molecule has 0 unspecified atom stereocenters. The predicted molar refractivity (Wildman–Crippen MR) is 77.5 cm³/mol. The summed E-state index contributed by atoms with van der Waals surface area (Å²) in [4.78, 5) is 0.0173. The minimum atomic E-state index is -3.86. The molecule has 0 amide bonds. The summed E-state index contributed by atoms with van der Waals surface area (Å²) in [5.74, 6) is -0.469. The van der Waals surface area contributed by atoms with Crippen LogP contribution >= 0.6 is 0 Å². The predicted octanol–water partition coefficient (Wildman–Crippen LogP) is 2.83. The normalized spacial score (nSPS) is 11.3. The number of rotatable bonds is 3.